The Balaban J connectivity index is 1.79. The lowest BCUT2D eigenvalue weighted by atomic mass is 10.1. The Morgan fingerprint density at radius 2 is 1.79 bits per heavy atom. The summed E-state index contributed by atoms with van der Waals surface area (Å²) >= 11 is 0. The van der Waals surface area contributed by atoms with Gasteiger partial charge in [0.15, 0.2) is 0 Å². The van der Waals surface area contributed by atoms with Gasteiger partial charge in [0.25, 0.3) is 0 Å². The number of rotatable bonds is 2. The molecular formula is C16H15N3. The quantitative estimate of drug-likeness (QED) is 0.804. The van der Waals surface area contributed by atoms with Gasteiger partial charge in [-0.2, -0.15) is 5.26 Å². The van der Waals surface area contributed by atoms with Gasteiger partial charge in [-0.15, -0.1) is 0 Å². The van der Waals surface area contributed by atoms with Crippen LogP contribution in [0.3, 0.4) is 0 Å². The standard InChI is InChI=1S/C16H15N3/c17-10-11-5-6-15(18)16(7-11)19-14-8-12-3-1-2-4-13(12)9-14/h1-7,14,19H,8-9,18H2. The van der Waals surface area contributed by atoms with Crippen LogP contribution in [0.4, 0.5) is 11.4 Å². The lowest BCUT2D eigenvalue weighted by Gasteiger charge is -2.15. The number of nitrogens with zero attached hydrogens (tertiary/aromatic N) is 1. The van der Waals surface area contributed by atoms with Crippen molar-refractivity contribution in [3.63, 3.8) is 0 Å². The number of hydrogen-bond donors (Lipinski definition) is 2. The maximum atomic E-state index is 8.94. The van der Waals surface area contributed by atoms with Gasteiger partial charge in [0.1, 0.15) is 0 Å². The zero-order chi connectivity index (χ0) is 13.2. The molecule has 0 amide bonds. The number of nitrogens with two attached hydrogens (primary N) is 1. The van der Waals surface area contributed by atoms with E-state index in [1.165, 1.54) is 11.1 Å². The van der Waals surface area contributed by atoms with Crippen molar-refractivity contribution in [1.29, 1.82) is 5.26 Å². The van der Waals surface area contributed by atoms with E-state index in [9.17, 15) is 0 Å². The summed E-state index contributed by atoms with van der Waals surface area (Å²) in [5, 5.41) is 12.4. The molecule has 0 fully saturated rings. The number of nitrogen functional groups attached to an aromatic ring is 1. The van der Waals surface area contributed by atoms with Crippen LogP contribution in [-0.4, -0.2) is 6.04 Å². The largest absolute Gasteiger partial charge is 0.397 e. The van der Waals surface area contributed by atoms with E-state index in [1.807, 2.05) is 6.07 Å². The van der Waals surface area contributed by atoms with Crippen LogP contribution in [0.1, 0.15) is 16.7 Å². The van der Waals surface area contributed by atoms with Crippen LogP contribution < -0.4 is 11.1 Å². The van der Waals surface area contributed by atoms with E-state index in [-0.39, 0.29) is 0 Å². The third kappa shape index (κ3) is 2.25. The molecule has 3 N–H and O–H groups in total. The zero-order valence-corrected chi connectivity index (χ0v) is 10.6. The maximum Gasteiger partial charge on any atom is 0.0992 e. The van der Waals surface area contributed by atoms with E-state index < -0.39 is 0 Å². The SMILES string of the molecule is N#Cc1ccc(N)c(NC2Cc3ccccc3C2)c1. The van der Waals surface area contributed by atoms with Crippen LogP contribution in [0.2, 0.25) is 0 Å². The molecule has 0 spiro atoms. The highest BCUT2D eigenvalue weighted by molar-refractivity contribution is 5.69. The lowest BCUT2D eigenvalue weighted by molar-refractivity contribution is 0.775. The summed E-state index contributed by atoms with van der Waals surface area (Å²) in [7, 11) is 0. The van der Waals surface area contributed by atoms with Gasteiger partial charge in [0.05, 0.1) is 23.0 Å². The highest BCUT2D eigenvalue weighted by Crippen LogP contribution is 2.27. The van der Waals surface area contributed by atoms with E-state index in [0.29, 0.717) is 17.3 Å². The average molecular weight is 249 g/mol. The summed E-state index contributed by atoms with van der Waals surface area (Å²) in [6.07, 6.45) is 2.01. The van der Waals surface area contributed by atoms with Gasteiger partial charge in [-0.25, -0.2) is 0 Å². The molecule has 0 aliphatic heterocycles. The van der Waals surface area contributed by atoms with Crippen molar-refractivity contribution in [2.75, 3.05) is 11.1 Å². The fourth-order valence-electron chi connectivity index (χ4n) is 2.63. The average Bonchev–Trinajstić information content (AvgIpc) is 2.83. The zero-order valence-electron chi connectivity index (χ0n) is 10.6. The van der Waals surface area contributed by atoms with E-state index >= 15 is 0 Å². The minimum Gasteiger partial charge on any atom is -0.397 e. The monoisotopic (exact) mass is 249 g/mol. The Labute approximate surface area is 112 Å². The number of benzene rings is 2. The third-order valence-electron chi connectivity index (χ3n) is 3.59. The second-order valence-electron chi connectivity index (χ2n) is 4.93. The van der Waals surface area contributed by atoms with Gasteiger partial charge in [-0.1, -0.05) is 24.3 Å². The second kappa shape index (κ2) is 4.66. The molecule has 1 aliphatic carbocycles. The van der Waals surface area contributed by atoms with Crippen molar-refractivity contribution < 1.29 is 0 Å². The van der Waals surface area contributed by atoms with Gasteiger partial charge in [0, 0.05) is 6.04 Å². The predicted octanol–water partition coefficient (Wildman–Crippen LogP) is 2.72. The smallest absolute Gasteiger partial charge is 0.0992 e. The first kappa shape index (κ1) is 11.6. The van der Waals surface area contributed by atoms with Crippen LogP contribution >= 0.6 is 0 Å². The Morgan fingerprint density at radius 1 is 1.11 bits per heavy atom. The summed E-state index contributed by atoms with van der Waals surface area (Å²) in [5.41, 5.74) is 10.9. The fourth-order valence-corrected chi connectivity index (χ4v) is 2.63. The first-order valence-corrected chi connectivity index (χ1v) is 6.39. The molecule has 0 radical (unpaired) electrons. The number of nitrogens with one attached hydrogen (secondary N) is 1. The van der Waals surface area contributed by atoms with E-state index in [4.69, 9.17) is 11.0 Å². The van der Waals surface area contributed by atoms with Crippen LogP contribution in [-0.2, 0) is 12.8 Å². The van der Waals surface area contributed by atoms with Crippen molar-refractivity contribution in [3.8, 4) is 6.07 Å². The van der Waals surface area contributed by atoms with Crippen molar-refractivity contribution >= 4 is 11.4 Å². The topological polar surface area (TPSA) is 61.8 Å². The van der Waals surface area contributed by atoms with Crippen LogP contribution in [0.15, 0.2) is 42.5 Å². The molecule has 2 aromatic carbocycles. The summed E-state index contributed by atoms with van der Waals surface area (Å²) in [4.78, 5) is 0. The van der Waals surface area contributed by atoms with Gasteiger partial charge in [-0.05, 0) is 42.2 Å². The Bertz CT molecular complexity index is 630. The van der Waals surface area contributed by atoms with Crippen LogP contribution in [0, 0.1) is 11.3 Å². The number of anilines is 2. The molecule has 0 atom stereocenters. The minimum absolute atomic E-state index is 0.355. The summed E-state index contributed by atoms with van der Waals surface area (Å²) in [6.45, 7) is 0. The molecule has 1 aliphatic rings. The number of fused-ring (bicyclic) bond motifs is 1. The minimum atomic E-state index is 0.355. The van der Waals surface area contributed by atoms with Gasteiger partial charge < -0.3 is 11.1 Å². The van der Waals surface area contributed by atoms with E-state index in [0.717, 1.165) is 18.5 Å². The summed E-state index contributed by atoms with van der Waals surface area (Å²) in [5.74, 6) is 0. The van der Waals surface area contributed by atoms with Crippen molar-refractivity contribution in [1.82, 2.24) is 0 Å². The molecule has 19 heavy (non-hydrogen) atoms. The molecule has 0 unspecified atom stereocenters. The molecule has 3 heteroatoms. The summed E-state index contributed by atoms with van der Waals surface area (Å²) in [6, 6.07) is 16.3. The number of hydrogen-bond acceptors (Lipinski definition) is 3. The first-order chi connectivity index (χ1) is 9.26. The van der Waals surface area contributed by atoms with Crippen LogP contribution in [0.5, 0.6) is 0 Å². The molecule has 94 valence electrons. The highest BCUT2D eigenvalue weighted by Gasteiger charge is 2.21. The normalized spacial score (nSPS) is 13.8. The molecule has 0 aromatic heterocycles. The van der Waals surface area contributed by atoms with Gasteiger partial charge in [0.2, 0.25) is 0 Å². The highest BCUT2D eigenvalue weighted by atomic mass is 14.9. The Hall–Kier alpha value is -2.47. The maximum absolute atomic E-state index is 8.94. The summed E-state index contributed by atoms with van der Waals surface area (Å²) < 4.78 is 0. The Kier molecular flexibility index (Phi) is 2.85. The van der Waals surface area contributed by atoms with Crippen molar-refractivity contribution in [2.45, 2.75) is 18.9 Å². The fraction of sp³-hybridized carbons (Fsp3) is 0.188. The van der Waals surface area contributed by atoms with E-state index in [1.54, 1.807) is 12.1 Å². The van der Waals surface area contributed by atoms with Crippen molar-refractivity contribution in [2.24, 2.45) is 0 Å². The Morgan fingerprint density at radius 3 is 2.42 bits per heavy atom. The van der Waals surface area contributed by atoms with Crippen molar-refractivity contribution in [3.05, 3.63) is 59.2 Å². The molecule has 0 saturated heterocycles. The molecule has 2 aromatic rings. The van der Waals surface area contributed by atoms with Gasteiger partial charge >= 0.3 is 0 Å². The predicted molar refractivity (Wildman–Crippen MR) is 76.8 cm³/mol. The van der Waals surface area contributed by atoms with Gasteiger partial charge in [-0.3, -0.25) is 0 Å². The first-order valence-electron chi connectivity index (χ1n) is 6.39. The molecule has 0 saturated carbocycles. The molecule has 3 nitrogen and oxygen atoms in total. The molecule has 3 rings (SSSR count). The molecule has 0 bridgehead atoms. The van der Waals surface area contributed by atoms with E-state index in [2.05, 4.69) is 35.7 Å². The number of nitriles is 1. The second-order valence-corrected chi connectivity index (χ2v) is 4.93. The lowest BCUT2D eigenvalue weighted by Crippen LogP contribution is -2.20. The van der Waals surface area contributed by atoms with Crippen LogP contribution in [0.25, 0.3) is 0 Å². The molecule has 0 heterocycles. The third-order valence-corrected chi connectivity index (χ3v) is 3.59. The molecular weight excluding hydrogens is 234 g/mol.